The van der Waals surface area contributed by atoms with Gasteiger partial charge in [-0.05, 0) is 43.4 Å². The molecule has 0 saturated heterocycles. The van der Waals surface area contributed by atoms with Gasteiger partial charge in [-0.15, -0.1) is 0 Å². The van der Waals surface area contributed by atoms with Crippen LogP contribution in [0.25, 0.3) is 0 Å². The van der Waals surface area contributed by atoms with Crippen LogP contribution >= 0.6 is 0 Å². The lowest BCUT2D eigenvalue weighted by Crippen LogP contribution is -2.02. The first-order valence-electron chi connectivity index (χ1n) is 6.95. The fourth-order valence-electron chi connectivity index (χ4n) is 2.12. The molecule has 0 radical (unpaired) electrons. The molecule has 1 atom stereocenters. The number of rotatable bonds is 8. The van der Waals surface area contributed by atoms with Crippen LogP contribution in [0.15, 0.2) is 24.3 Å². The topological polar surface area (TPSA) is 26.3 Å². The summed E-state index contributed by atoms with van der Waals surface area (Å²) >= 11 is 0. The van der Waals surface area contributed by atoms with E-state index in [1.807, 2.05) is 26.0 Å². The van der Waals surface area contributed by atoms with E-state index < -0.39 is 0 Å². The van der Waals surface area contributed by atoms with Gasteiger partial charge in [-0.3, -0.25) is 4.79 Å². The fraction of sp³-hybridized carbons (Fsp3) is 0.562. The SMILES string of the molecule is CCOc1ccc(C(CC)CCC(=O)CC)cc1. The highest BCUT2D eigenvalue weighted by molar-refractivity contribution is 5.78. The average molecular weight is 248 g/mol. The zero-order chi connectivity index (χ0) is 13.4. The molecule has 100 valence electrons. The fourth-order valence-corrected chi connectivity index (χ4v) is 2.12. The second-order valence-electron chi connectivity index (χ2n) is 4.54. The van der Waals surface area contributed by atoms with Crippen LogP contribution in [0.3, 0.4) is 0 Å². The molecule has 0 fully saturated rings. The maximum Gasteiger partial charge on any atom is 0.132 e. The van der Waals surface area contributed by atoms with Crippen LogP contribution in [0.4, 0.5) is 0 Å². The first-order chi connectivity index (χ1) is 8.71. The van der Waals surface area contributed by atoms with Crippen molar-refractivity contribution in [3.63, 3.8) is 0 Å². The first-order valence-corrected chi connectivity index (χ1v) is 6.95. The van der Waals surface area contributed by atoms with Gasteiger partial charge in [-0.25, -0.2) is 0 Å². The quantitative estimate of drug-likeness (QED) is 0.684. The van der Waals surface area contributed by atoms with Crippen molar-refractivity contribution >= 4 is 5.78 Å². The van der Waals surface area contributed by atoms with E-state index in [2.05, 4.69) is 19.1 Å². The number of ketones is 1. The summed E-state index contributed by atoms with van der Waals surface area (Å²) in [5.41, 5.74) is 1.31. The van der Waals surface area contributed by atoms with Gasteiger partial charge in [0.05, 0.1) is 6.61 Å². The van der Waals surface area contributed by atoms with Crippen LogP contribution in [-0.4, -0.2) is 12.4 Å². The lowest BCUT2D eigenvalue weighted by atomic mass is 9.91. The summed E-state index contributed by atoms with van der Waals surface area (Å²) in [5, 5.41) is 0. The summed E-state index contributed by atoms with van der Waals surface area (Å²) < 4.78 is 5.44. The maximum absolute atomic E-state index is 11.4. The summed E-state index contributed by atoms with van der Waals surface area (Å²) in [6, 6.07) is 8.28. The predicted molar refractivity (Wildman–Crippen MR) is 75.2 cm³/mol. The van der Waals surface area contributed by atoms with E-state index in [0.717, 1.165) is 18.6 Å². The van der Waals surface area contributed by atoms with E-state index in [1.165, 1.54) is 5.56 Å². The largest absolute Gasteiger partial charge is 0.494 e. The van der Waals surface area contributed by atoms with Crippen molar-refractivity contribution in [3.05, 3.63) is 29.8 Å². The summed E-state index contributed by atoms with van der Waals surface area (Å²) in [4.78, 5) is 11.4. The van der Waals surface area contributed by atoms with Crippen LogP contribution in [0.5, 0.6) is 5.75 Å². The van der Waals surface area contributed by atoms with Gasteiger partial charge in [-0.2, -0.15) is 0 Å². The number of hydrogen-bond acceptors (Lipinski definition) is 2. The minimum absolute atomic E-state index is 0.361. The Hall–Kier alpha value is -1.31. The Morgan fingerprint density at radius 2 is 1.83 bits per heavy atom. The number of hydrogen-bond donors (Lipinski definition) is 0. The van der Waals surface area contributed by atoms with Crippen molar-refractivity contribution in [1.29, 1.82) is 0 Å². The van der Waals surface area contributed by atoms with Gasteiger partial charge in [0.1, 0.15) is 11.5 Å². The smallest absolute Gasteiger partial charge is 0.132 e. The van der Waals surface area contributed by atoms with Crippen molar-refractivity contribution < 1.29 is 9.53 Å². The monoisotopic (exact) mass is 248 g/mol. The predicted octanol–water partition coefficient (Wildman–Crippen LogP) is 4.34. The molecule has 0 aliphatic rings. The van der Waals surface area contributed by atoms with Crippen molar-refractivity contribution in [2.75, 3.05) is 6.61 Å². The van der Waals surface area contributed by atoms with Crippen LogP contribution in [0, 0.1) is 0 Å². The Morgan fingerprint density at radius 3 is 2.33 bits per heavy atom. The molecule has 2 nitrogen and oxygen atoms in total. The summed E-state index contributed by atoms with van der Waals surface area (Å²) in [6.07, 6.45) is 3.38. The Kier molecular flexibility index (Phi) is 6.48. The normalized spacial score (nSPS) is 12.2. The van der Waals surface area contributed by atoms with Crippen molar-refractivity contribution in [3.8, 4) is 5.75 Å². The molecular weight excluding hydrogens is 224 g/mol. The molecule has 0 amide bonds. The molecule has 0 saturated carbocycles. The Bertz CT molecular complexity index is 354. The van der Waals surface area contributed by atoms with Gasteiger partial charge in [0.2, 0.25) is 0 Å². The van der Waals surface area contributed by atoms with Crippen LogP contribution in [0.1, 0.15) is 57.9 Å². The Labute approximate surface area is 110 Å². The number of carbonyl (C=O) groups is 1. The molecule has 1 unspecified atom stereocenters. The molecule has 2 heteroatoms. The first kappa shape index (κ1) is 14.7. The van der Waals surface area contributed by atoms with Gasteiger partial charge in [0.25, 0.3) is 0 Å². The molecule has 0 heterocycles. The van der Waals surface area contributed by atoms with Crippen LogP contribution in [-0.2, 0) is 4.79 Å². The minimum atomic E-state index is 0.361. The summed E-state index contributed by atoms with van der Waals surface area (Å²) in [6.45, 7) is 6.79. The van der Waals surface area contributed by atoms with E-state index in [9.17, 15) is 4.79 Å². The van der Waals surface area contributed by atoms with Gasteiger partial charge in [-0.1, -0.05) is 26.0 Å². The molecule has 0 aliphatic heterocycles. The molecule has 0 aromatic heterocycles. The van der Waals surface area contributed by atoms with Crippen LogP contribution < -0.4 is 4.74 Å². The lowest BCUT2D eigenvalue weighted by molar-refractivity contribution is -0.118. The molecule has 0 aliphatic carbocycles. The summed E-state index contributed by atoms with van der Waals surface area (Å²) in [7, 11) is 0. The zero-order valence-electron chi connectivity index (χ0n) is 11.7. The van der Waals surface area contributed by atoms with Crippen LogP contribution in [0.2, 0.25) is 0 Å². The van der Waals surface area contributed by atoms with Gasteiger partial charge >= 0.3 is 0 Å². The minimum Gasteiger partial charge on any atom is -0.494 e. The number of carbonyl (C=O) groups excluding carboxylic acids is 1. The highest BCUT2D eigenvalue weighted by Crippen LogP contribution is 2.26. The van der Waals surface area contributed by atoms with E-state index >= 15 is 0 Å². The molecule has 0 spiro atoms. The second kappa shape index (κ2) is 7.91. The zero-order valence-corrected chi connectivity index (χ0v) is 11.7. The van der Waals surface area contributed by atoms with Crippen molar-refractivity contribution in [2.45, 2.75) is 52.4 Å². The lowest BCUT2D eigenvalue weighted by Gasteiger charge is -2.15. The van der Waals surface area contributed by atoms with Crippen molar-refractivity contribution in [2.24, 2.45) is 0 Å². The summed E-state index contributed by atoms with van der Waals surface area (Å²) in [5.74, 6) is 1.76. The molecule has 1 aromatic carbocycles. The molecule has 18 heavy (non-hydrogen) atoms. The van der Waals surface area contributed by atoms with E-state index in [-0.39, 0.29) is 0 Å². The molecule has 1 rings (SSSR count). The third-order valence-corrected chi connectivity index (χ3v) is 3.32. The molecule has 0 N–H and O–H groups in total. The Morgan fingerprint density at radius 1 is 1.17 bits per heavy atom. The molecular formula is C16H24O2. The number of ether oxygens (including phenoxy) is 1. The Balaban J connectivity index is 2.61. The van der Waals surface area contributed by atoms with E-state index in [0.29, 0.717) is 31.1 Å². The average Bonchev–Trinajstić information content (AvgIpc) is 2.41. The molecule has 1 aromatic rings. The third-order valence-electron chi connectivity index (χ3n) is 3.32. The standard InChI is InChI=1S/C16H24O2/c1-4-13(7-10-15(17)5-2)14-8-11-16(12-9-14)18-6-3/h8-9,11-13H,4-7,10H2,1-3H3. The number of Topliss-reactive ketones (excluding diaryl/α,β-unsaturated/α-hetero) is 1. The van der Waals surface area contributed by atoms with Gasteiger partial charge in [0, 0.05) is 12.8 Å². The van der Waals surface area contributed by atoms with Crippen molar-refractivity contribution in [1.82, 2.24) is 0 Å². The van der Waals surface area contributed by atoms with Gasteiger partial charge < -0.3 is 4.74 Å². The van der Waals surface area contributed by atoms with E-state index in [1.54, 1.807) is 0 Å². The highest BCUT2D eigenvalue weighted by Gasteiger charge is 2.11. The third kappa shape index (κ3) is 4.52. The van der Waals surface area contributed by atoms with Gasteiger partial charge in [0.15, 0.2) is 0 Å². The number of benzene rings is 1. The maximum atomic E-state index is 11.4. The highest BCUT2D eigenvalue weighted by atomic mass is 16.5. The second-order valence-corrected chi connectivity index (χ2v) is 4.54. The molecule has 0 bridgehead atoms. The van der Waals surface area contributed by atoms with E-state index in [4.69, 9.17) is 4.74 Å².